The van der Waals surface area contributed by atoms with E-state index < -0.39 is 15.8 Å². The van der Waals surface area contributed by atoms with Crippen LogP contribution in [0.2, 0.25) is 0 Å². The van der Waals surface area contributed by atoms with E-state index in [4.69, 9.17) is 10.5 Å². The maximum Gasteiger partial charge on any atom is 0.243 e. The lowest BCUT2D eigenvalue weighted by Gasteiger charge is -2.26. The average molecular weight is 304 g/mol. The number of anilines is 1. The van der Waals surface area contributed by atoms with E-state index in [1.54, 1.807) is 13.8 Å². The van der Waals surface area contributed by atoms with Crippen molar-refractivity contribution < 1.29 is 17.5 Å². The SMILES string of the molecule is CCN(C(C)COC)S(=O)(=O)c1cc(N)c(C)c(F)c1. The lowest BCUT2D eigenvalue weighted by Crippen LogP contribution is -2.40. The summed E-state index contributed by atoms with van der Waals surface area (Å²) in [7, 11) is -2.30. The second kappa shape index (κ2) is 6.51. The lowest BCUT2D eigenvalue weighted by atomic mass is 10.2. The maximum absolute atomic E-state index is 13.7. The van der Waals surface area contributed by atoms with Gasteiger partial charge in [0.1, 0.15) is 5.82 Å². The molecule has 0 amide bonds. The Morgan fingerprint density at radius 1 is 1.45 bits per heavy atom. The largest absolute Gasteiger partial charge is 0.398 e. The Balaban J connectivity index is 3.27. The molecule has 0 bridgehead atoms. The van der Waals surface area contributed by atoms with E-state index >= 15 is 0 Å². The standard InChI is InChI=1S/C13H21FN2O3S/c1-5-16(9(2)8-19-4)20(17,18)11-6-12(14)10(3)13(15)7-11/h6-7,9H,5,8,15H2,1-4H3. The van der Waals surface area contributed by atoms with Gasteiger partial charge in [-0.25, -0.2) is 12.8 Å². The smallest absolute Gasteiger partial charge is 0.243 e. The third-order valence-electron chi connectivity index (χ3n) is 3.18. The van der Waals surface area contributed by atoms with Gasteiger partial charge in [-0.2, -0.15) is 4.31 Å². The van der Waals surface area contributed by atoms with Crippen molar-refractivity contribution in [3.8, 4) is 0 Å². The van der Waals surface area contributed by atoms with Crippen molar-refractivity contribution in [3.05, 3.63) is 23.5 Å². The van der Waals surface area contributed by atoms with Gasteiger partial charge < -0.3 is 10.5 Å². The highest BCUT2D eigenvalue weighted by atomic mass is 32.2. The summed E-state index contributed by atoms with van der Waals surface area (Å²) in [6, 6.07) is 1.94. The number of ether oxygens (including phenoxy) is 1. The number of sulfonamides is 1. The molecule has 114 valence electrons. The van der Waals surface area contributed by atoms with Gasteiger partial charge >= 0.3 is 0 Å². The van der Waals surface area contributed by atoms with Crippen molar-refractivity contribution in [3.63, 3.8) is 0 Å². The van der Waals surface area contributed by atoms with E-state index in [9.17, 15) is 12.8 Å². The molecule has 0 radical (unpaired) electrons. The molecule has 0 saturated heterocycles. The summed E-state index contributed by atoms with van der Waals surface area (Å²) in [5.41, 5.74) is 6.02. The molecule has 0 saturated carbocycles. The van der Waals surface area contributed by atoms with Crippen molar-refractivity contribution in [2.24, 2.45) is 0 Å². The zero-order valence-corrected chi connectivity index (χ0v) is 13.0. The summed E-state index contributed by atoms with van der Waals surface area (Å²) >= 11 is 0. The fourth-order valence-electron chi connectivity index (χ4n) is 2.00. The number of benzene rings is 1. The first-order valence-corrected chi connectivity index (χ1v) is 7.76. The molecule has 1 aromatic rings. The molecule has 1 atom stereocenters. The van der Waals surface area contributed by atoms with Crippen LogP contribution in [0.4, 0.5) is 10.1 Å². The second-order valence-electron chi connectivity index (χ2n) is 4.63. The molecule has 0 spiro atoms. The zero-order chi connectivity index (χ0) is 15.5. The number of nitrogens with zero attached hydrogens (tertiary/aromatic N) is 1. The van der Waals surface area contributed by atoms with Crippen LogP contribution in [0.25, 0.3) is 0 Å². The molecule has 1 rings (SSSR count). The number of likely N-dealkylation sites (N-methyl/N-ethyl adjacent to an activating group) is 1. The van der Waals surface area contributed by atoms with Crippen LogP contribution in [-0.2, 0) is 14.8 Å². The van der Waals surface area contributed by atoms with Gasteiger partial charge in [0.2, 0.25) is 10.0 Å². The van der Waals surface area contributed by atoms with Crippen LogP contribution in [0.1, 0.15) is 19.4 Å². The molecule has 1 aromatic carbocycles. The van der Waals surface area contributed by atoms with E-state index in [1.807, 2.05) is 0 Å². The Kier molecular flexibility index (Phi) is 5.50. The quantitative estimate of drug-likeness (QED) is 0.813. The first kappa shape index (κ1) is 16.9. The van der Waals surface area contributed by atoms with Crippen molar-refractivity contribution in [2.45, 2.75) is 31.7 Å². The molecular weight excluding hydrogens is 283 g/mol. The molecular formula is C13H21FN2O3S. The van der Waals surface area contributed by atoms with E-state index in [2.05, 4.69) is 0 Å². The van der Waals surface area contributed by atoms with E-state index in [1.165, 1.54) is 24.4 Å². The number of hydrogen-bond acceptors (Lipinski definition) is 4. The molecule has 0 aliphatic rings. The van der Waals surface area contributed by atoms with Crippen LogP contribution >= 0.6 is 0 Å². The number of nitrogens with two attached hydrogens (primary N) is 1. The Morgan fingerprint density at radius 3 is 2.50 bits per heavy atom. The van der Waals surface area contributed by atoms with Crippen molar-refractivity contribution in [2.75, 3.05) is 26.0 Å². The summed E-state index contributed by atoms with van der Waals surface area (Å²) in [6.07, 6.45) is 0. The van der Waals surface area contributed by atoms with Gasteiger partial charge in [0.25, 0.3) is 0 Å². The number of rotatable bonds is 6. The highest BCUT2D eigenvalue weighted by Crippen LogP contribution is 2.24. The van der Waals surface area contributed by atoms with Crippen LogP contribution < -0.4 is 5.73 Å². The minimum Gasteiger partial charge on any atom is -0.398 e. The molecule has 0 aliphatic carbocycles. The van der Waals surface area contributed by atoms with Gasteiger partial charge in [-0.1, -0.05) is 6.92 Å². The monoisotopic (exact) mass is 304 g/mol. The fraction of sp³-hybridized carbons (Fsp3) is 0.538. The molecule has 0 heterocycles. The van der Waals surface area contributed by atoms with Crippen LogP contribution in [0.3, 0.4) is 0 Å². The molecule has 0 fully saturated rings. The van der Waals surface area contributed by atoms with Gasteiger partial charge in [0, 0.05) is 30.9 Å². The summed E-state index contributed by atoms with van der Waals surface area (Å²) in [5, 5.41) is 0. The Labute approximate surface area is 119 Å². The minimum atomic E-state index is -3.80. The van der Waals surface area contributed by atoms with Crippen LogP contribution in [0, 0.1) is 12.7 Å². The first-order valence-electron chi connectivity index (χ1n) is 6.32. The number of halogens is 1. The van der Waals surface area contributed by atoms with Gasteiger partial charge in [0.05, 0.1) is 11.5 Å². The second-order valence-corrected chi connectivity index (χ2v) is 6.52. The number of methoxy groups -OCH3 is 1. The van der Waals surface area contributed by atoms with E-state index in [0.29, 0.717) is 0 Å². The van der Waals surface area contributed by atoms with Gasteiger partial charge in [-0.3, -0.25) is 0 Å². The predicted octanol–water partition coefficient (Wildman–Crippen LogP) is 1.76. The molecule has 0 aliphatic heterocycles. The topological polar surface area (TPSA) is 72.6 Å². The highest BCUT2D eigenvalue weighted by molar-refractivity contribution is 7.89. The average Bonchev–Trinajstić information content (AvgIpc) is 2.36. The van der Waals surface area contributed by atoms with Crippen LogP contribution in [-0.4, -0.2) is 39.0 Å². The Hall–Kier alpha value is -1.18. The highest BCUT2D eigenvalue weighted by Gasteiger charge is 2.28. The molecule has 0 aromatic heterocycles. The molecule has 5 nitrogen and oxygen atoms in total. The Morgan fingerprint density at radius 2 is 2.05 bits per heavy atom. The molecule has 7 heteroatoms. The van der Waals surface area contributed by atoms with Crippen molar-refractivity contribution >= 4 is 15.7 Å². The third kappa shape index (κ3) is 3.28. The number of nitrogen functional groups attached to an aromatic ring is 1. The predicted molar refractivity (Wildman–Crippen MR) is 76.5 cm³/mol. The lowest BCUT2D eigenvalue weighted by molar-refractivity contribution is 0.142. The summed E-state index contributed by atoms with van der Waals surface area (Å²) < 4.78 is 45.0. The van der Waals surface area contributed by atoms with Gasteiger partial charge in [-0.15, -0.1) is 0 Å². The van der Waals surface area contributed by atoms with Gasteiger partial charge in [-0.05, 0) is 26.0 Å². The fourth-order valence-corrected chi connectivity index (χ4v) is 3.68. The summed E-state index contributed by atoms with van der Waals surface area (Å²) in [5.74, 6) is -0.626. The van der Waals surface area contributed by atoms with Crippen molar-refractivity contribution in [1.82, 2.24) is 4.31 Å². The summed E-state index contributed by atoms with van der Waals surface area (Å²) in [4.78, 5) is -0.136. The third-order valence-corrected chi connectivity index (χ3v) is 5.24. The molecule has 20 heavy (non-hydrogen) atoms. The van der Waals surface area contributed by atoms with E-state index in [0.717, 1.165) is 6.07 Å². The summed E-state index contributed by atoms with van der Waals surface area (Å²) in [6.45, 7) is 5.49. The van der Waals surface area contributed by atoms with Crippen molar-refractivity contribution in [1.29, 1.82) is 0 Å². The first-order chi connectivity index (χ1) is 9.25. The van der Waals surface area contributed by atoms with Crippen LogP contribution in [0.15, 0.2) is 17.0 Å². The number of hydrogen-bond donors (Lipinski definition) is 1. The van der Waals surface area contributed by atoms with Crippen LogP contribution in [0.5, 0.6) is 0 Å². The maximum atomic E-state index is 13.7. The minimum absolute atomic E-state index is 0.124. The molecule has 1 unspecified atom stereocenters. The molecule has 2 N–H and O–H groups in total. The normalized spacial score (nSPS) is 13.7. The Bertz CT molecular complexity index is 552. The van der Waals surface area contributed by atoms with E-state index in [-0.39, 0.29) is 35.3 Å². The zero-order valence-electron chi connectivity index (χ0n) is 12.2. The van der Waals surface area contributed by atoms with Gasteiger partial charge in [0.15, 0.2) is 0 Å².